The molecular formula is C54H59NO2S. The van der Waals surface area contributed by atoms with Crippen LogP contribution >= 0.6 is 0 Å². The molecule has 3 nitrogen and oxygen atoms in total. The third-order valence-electron chi connectivity index (χ3n) is 12.5. The van der Waals surface area contributed by atoms with Crippen LogP contribution in [0.1, 0.15) is 128 Å². The van der Waals surface area contributed by atoms with Crippen molar-refractivity contribution in [2.24, 2.45) is 0 Å². The number of rotatable bonds is 5. The normalized spacial score (nSPS) is 14.0. The predicted molar refractivity (Wildman–Crippen MR) is 245 cm³/mol. The van der Waals surface area contributed by atoms with Crippen LogP contribution in [-0.2, 0) is 37.9 Å². The lowest BCUT2D eigenvalue weighted by molar-refractivity contribution is 0.589. The van der Waals surface area contributed by atoms with Gasteiger partial charge in [0.05, 0.1) is 20.8 Å². The maximum atomic E-state index is 14.1. The summed E-state index contributed by atoms with van der Waals surface area (Å²) in [7, 11) is -3.74. The predicted octanol–water partition coefficient (Wildman–Crippen LogP) is 14.2. The Hall–Kier alpha value is -4.93. The first-order chi connectivity index (χ1) is 27.0. The standard InChI is InChI=1S/C54H59NO2S/c1-51(2,3)35-15-25-42-44(43-26-16-36(52(4,5)6)31-46(43)45(42)30-35)29-34-13-21-40(22-14-34)58(56,57)41-23-19-39(20-24-41)55-49-27-17-37(53(7,8)9)32-47(49)48-33-38(54(10,11)12)18-28-50(48)55/h13-28,30-33,44H,29H2,1-12H3. The van der Waals surface area contributed by atoms with Crippen molar-refractivity contribution in [1.29, 1.82) is 0 Å². The van der Waals surface area contributed by atoms with Gasteiger partial charge in [-0.05, 0) is 139 Å². The average Bonchev–Trinajstić information content (AvgIpc) is 3.64. The number of aromatic nitrogens is 1. The molecule has 6 aromatic carbocycles. The smallest absolute Gasteiger partial charge is 0.206 e. The molecule has 0 fully saturated rings. The van der Waals surface area contributed by atoms with Crippen LogP contribution in [0.2, 0.25) is 0 Å². The van der Waals surface area contributed by atoms with Crippen molar-refractivity contribution >= 4 is 31.6 Å². The Bertz CT molecular complexity index is 2690. The van der Waals surface area contributed by atoms with Crippen molar-refractivity contribution in [3.8, 4) is 16.8 Å². The molecule has 1 aromatic heterocycles. The van der Waals surface area contributed by atoms with E-state index in [1.807, 2.05) is 24.3 Å². The molecule has 0 bridgehead atoms. The Morgan fingerprint density at radius 3 is 1.21 bits per heavy atom. The monoisotopic (exact) mass is 785 g/mol. The van der Waals surface area contributed by atoms with Gasteiger partial charge in [0.25, 0.3) is 0 Å². The third-order valence-corrected chi connectivity index (χ3v) is 14.2. The number of hydrogen-bond acceptors (Lipinski definition) is 2. The summed E-state index contributed by atoms with van der Waals surface area (Å²) in [6.45, 7) is 27.1. The molecule has 0 radical (unpaired) electrons. The van der Waals surface area contributed by atoms with Crippen LogP contribution in [0, 0.1) is 0 Å². The minimum absolute atomic E-state index is 0.0127. The van der Waals surface area contributed by atoms with Crippen LogP contribution in [0.4, 0.5) is 0 Å². The minimum Gasteiger partial charge on any atom is -0.309 e. The maximum Gasteiger partial charge on any atom is 0.206 e. The molecule has 7 aromatic rings. The molecule has 1 heterocycles. The fourth-order valence-corrected chi connectivity index (χ4v) is 9.95. The molecule has 298 valence electrons. The zero-order valence-electron chi connectivity index (χ0n) is 36.5. The molecule has 0 amide bonds. The number of nitrogens with zero attached hydrogens (tertiary/aromatic N) is 1. The van der Waals surface area contributed by atoms with E-state index >= 15 is 0 Å². The Morgan fingerprint density at radius 2 is 0.810 bits per heavy atom. The fraction of sp³-hybridized carbons (Fsp3) is 0.333. The summed E-state index contributed by atoms with van der Waals surface area (Å²) < 4.78 is 30.5. The summed E-state index contributed by atoms with van der Waals surface area (Å²) in [6.07, 6.45) is 0.798. The molecule has 4 heteroatoms. The van der Waals surface area contributed by atoms with E-state index < -0.39 is 9.84 Å². The molecule has 0 spiro atoms. The first-order valence-corrected chi connectivity index (χ1v) is 22.3. The Balaban J connectivity index is 1.11. The summed E-state index contributed by atoms with van der Waals surface area (Å²) in [5.41, 5.74) is 15.0. The van der Waals surface area contributed by atoms with Gasteiger partial charge < -0.3 is 4.57 Å². The Labute approximate surface area is 347 Å². The molecule has 0 saturated carbocycles. The van der Waals surface area contributed by atoms with Crippen molar-refractivity contribution in [2.45, 2.75) is 127 Å². The summed E-state index contributed by atoms with van der Waals surface area (Å²) >= 11 is 0. The van der Waals surface area contributed by atoms with E-state index in [4.69, 9.17) is 0 Å². The second-order valence-corrected chi connectivity index (χ2v) is 22.8. The third kappa shape index (κ3) is 7.02. The highest BCUT2D eigenvalue weighted by molar-refractivity contribution is 7.91. The number of benzene rings is 6. The lowest BCUT2D eigenvalue weighted by atomic mass is 9.83. The highest BCUT2D eigenvalue weighted by Crippen LogP contribution is 2.49. The van der Waals surface area contributed by atoms with Crippen molar-refractivity contribution in [3.05, 3.63) is 160 Å². The second kappa shape index (κ2) is 13.6. The van der Waals surface area contributed by atoms with Crippen molar-refractivity contribution in [2.75, 3.05) is 0 Å². The van der Waals surface area contributed by atoms with Crippen LogP contribution in [0.25, 0.3) is 38.6 Å². The van der Waals surface area contributed by atoms with E-state index in [0.717, 1.165) is 28.7 Å². The number of fused-ring (bicyclic) bond motifs is 6. The van der Waals surface area contributed by atoms with Gasteiger partial charge in [0, 0.05) is 22.4 Å². The van der Waals surface area contributed by atoms with E-state index in [2.05, 4.69) is 160 Å². The lowest BCUT2D eigenvalue weighted by Gasteiger charge is -2.21. The molecule has 0 N–H and O–H groups in total. The SMILES string of the molecule is CC(C)(C)c1ccc2c(c1)-c1cc(C(C)(C)C)ccc1C2Cc1ccc(S(=O)(=O)c2ccc(-n3c4ccc(C(C)(C)C)cc4c4cc(C(C)(C)C)ccc43)cc2)cc1. The first kappa shape index (κ1) is 39.9. The molecule has 0 saturated heterocycles. The largest absolute Gasteiger partial charge is 0.309 e. The summed E-state index contributed by atoms with van der Waals surface area (Å²) in [6, 6.07) is 42.5. The van der Waals surface area contributed by atoms with Crippen LogP contribution in [0.3, 0.4) is 0 Å². The van der Waals surface area contributed by atoms with Crippen molar-refractivity contribution in [3.63, 3.8) is 0 Å². The Kier molecular flexibility index (Phi) is 9.32. The van der Waals surface area contributed by atoms with Gasteiger partial charge in [-0.2, -0.15) is 0 Å². The van der Waals surface area contributed by atoms with Gasteiger partial charge in [0.1, 0.15) is 0 Å². The highest BCUT2D eigenvalue weighted by atomic mass is 32.2. The van der Waals surface area contributed by atoms with E-state index in [1.165, 1.54) is 55.3 Å². The van der Waals surface area contributed by atoms with Gasteiger partial charge in [-0.3, -0.25) is 0 Å². The lowest BCUT2D eigenvalue weighted by Crippen LogP contribution is -2.11. The Morgan fingerprint density at radius 1 is 0.448 bits per heavy atom. The molecule has 1 aliphatic carbocycles. The number of sulfone groups is 1. The molecule has 0 atom stereocenters. The van der Waals surface area contributed by atoms with Crippen LogP contribution in [0.5, 0.6) is 0 Å². The summed E-state index contributed by atoms with van der Waals surface area (Å²) in [4.78, 5) is 0.597. The van der Waals surface area contributed by atoms with Crippen molar-refractivity contribution in [1.82, 2.24) is 4.57 Å². The van der Waals surface area contributed by atoms with E-state index in [0.29, 0.717) is 4.90 Å². The summed E-state index contributed by atoms with van der Waals surface area (Å²) in [5.74, 6) is 0.198. The number of hydrogen-bond donors (Lipinski definition) is 0. The highest BCUT2D eigenvalue weighted by Gasteiger charge is 2.32. The van der Waals surface area contributed by atoms with Crippen LogP contribution in [-0.4, -0.2) is 13.0 Å². The van der Waals surface area contributed by atoms with Gasteiger partial charge >= 0.3 is 0 Å². The van der Waals surface area contributed by atoms with Crippen molar-refractivity contribution < 1.29 is 8.42 Å². The zero-order chi connectivity index (χ0) is 41.7. The quantitative estimate of drug-likeness (QED) is 0.174. The van der Waals surface area contributed by atoms with Gasteiger partial charge in [-0.15, -0.1) is 0 Å². The topological polar surface area (TPSA) is 39.1 Å². The van der Waals surface area contributed by atoms with E-state index in [-0.39, 0.29) is 32.5 Å². The maximum absolute atomic E-state index is 14.1. The molecular weight excluding hydrogens is 727 g/mol. The second-order valence-electron chi connectivity index (χ2n) is 20.8. The zero-order valence-corrected chi connectivity index (χ0v) is 37.3. The minimum atomic E-state index is -3.74. The van der Waals surface area contributed by atoms with Gasteiger partial charge in [-0.25, -0.2) is 8.42 Å². The molecule has 58 heavy (non-hydrogen) atoms. The van der Waals surface area contributed by atoms with Crippen LogP contribution < -0.4 is 0 Å². The van der Waals surface area contributed by atoms with Gasteiger partial charge in [0.15, 0.2) is 0 Å². The van der Waals surface area contributed by atoms with Gasteiger partial charge in [0.2, 0.25) is 9.84 Å². The van der Waals surface area contributed by atoms with E-state index in [9.17, 15) is 8.42 Å². The average molecular weight is 786 g/mol. The molecule has 0 unspecified atom stereocenters. The van der Waals surface area contributed by atoms with Crippen LogP contribution in [0.15, 0.2) is 131 Å². The molecule has 8 rings (SSSR count). The van der Waals surface area contributed by atoms with E-state index in [1.54, 1.807) is 24.3 Å². The van der Waals surface area contributed by atoms with Gasteiger partial charge in [-0.1, -0.05) is 144 Å². The summed E-state index contributed by atoms with van der Waals surface area (Å²) in [5, 5.41) is 2.42. The fourth-order valence-electron chi connectivity index (χ4n) is 8.69. The molecule has 1 aliphatic rings. The first-order valence-electron chi connectivity index (χ1n) is 20.8. The molecule has 0 aliphatic heterocycles.